The Morgan fingerprint density at radius 2 is 2.17 bits per heavy atom. The lowest BCUT2D eigenvalue weighted by molar-refractivity contribution is -0.149. The van der Waals surface area contributed by atoms with E-state index in [1.807, 2.05) is 23.1 Å². The molecule has 6 heteroatoms. The van der Waals surface area contributed by atoms with E-state index in [1.54, 1.807) is 7.11 Å². The minimum atomic E-state index is 0.00875. The first kappa shape index (κ1) is 14.8. The second-order valence-corrected chi connectivity index (χ2v) is 6.21. The van der Waals surface area contributed by atoms with Gasteiger partial charge in [-0.15, -0.1) is 0 Å². The zero-order valence-electron chi connectivity index (χ0n) is 13.2. The molecule has 0 aromatic heterocycles. The molecule has 0 radical (unpaired) electrons. The Bertz CT molecular complexity index is 605. The van der Waals surface area contributed by atoms with E-state index in [4.69, 9.17) is 18.9 Å². The largest absolute Gasteiger partial charge is 0.454 e. The van der Waals surface area contributed by atoms with Gasteiger partial charge < -0.3 is 23.8 Å². The maximum Gasteiger partial charge on any atom is 0.231 e. The van der Waals surface area contributed by atoms with Crippen molar-refractivity contribution in [2.45, 2.75) is 37.5 Å². The zero-order valence-corrected chi connectivity index (χ0v) is 13.2. The second kappa shape index (κ2) is 6.02. The molecule has 2 aliphatic heterocycles. The van der Waals surface area contributed by atoms with Gasteiger partial charge in [0, 0.05) is 13.7 Å². The molecule has 124 valence electrons. The lowest BCUT2D eigenvalue weighted by Gasteiger charge is -2.39. The number of rotatable bonds is 3. The van der Waals surface area contributed by atoms with E-state index in [0.717, 1.165) is 29.9 Å². The summed E-state index contributed by atoms with van der Waals surface area (Å²) < 4.78 is 22.0. The van der Waals surface area contributed by atoms with Crippen molar-refractivity contribution in [3.63, 3.8) is 0 Å². The van der Waals surface area contributed by atoms with Gasteiger partial charge in [-0.1, -0.05) is 6.07 Å². The van der Waals surface area contributed by atoms with Crippen LogP contribution in [0.1, 0.15) is 18.4 Å². The van der Waals surface area contributed by atoms with Crippen LogP contribution in [-0.2, 0) is 20.7 Å². The SMILES string of the molecule is CO[C@@H]1CC[C@H]2[C@H]1OCCN2C(=O)Cc1ccc2c(c1)OCO2. The predicted molar refractivity (Wildman–Crippen MR) is 81.5 cm³/mol. The van der Waals surface area contributed by atoms with Crippen LogP contribution in [0, 0.1) is 0 Å². The molecule has 0 unspecified atom stereocenters. The molecule has 2 heterocycles. The summed E-state index contributed by atoms with van der Waals surface area (Å²) in [7, 11) is 1.71. The minimum absolute atomic E-state index is 0.00875. The number of amides is 1. The molecule has 1 aliphatic carbocycles. The number of fused-ring (bicyclic) bond motifs is 2. The molecule has 1 aromatic carbocycles. The Kier molecular flexibility index (Phi) is 3.87. The molecule has 1 saturated heterocycles. The van der Waals surface area contributed by atoms with Gasteiger partial charge in [0.2, 0.25) is 12.7 Å². The lowest BCUT2D eigenvalue weighted by Crippen LogP contribution is -2.54. The quantitative estimate of drug-likeness (QED) is 0.842. The summed E-state index contributed by atoms with van der Waals surface area (Å²) >= 11 is 0. The van der Waals surface area contributed by atoms with Crippen molar-refractivity contribution in [1.82, 2.24) is 4.90 Å². The van der Waals surface area contributed by atoms with Gasteiger partial charge in [0.25, 0.3) is 0 Å². The predicted octanol–water partition coefficient (Wildman–Crippen LogP) is 1.36. The van der Waals surface area contributed by atoms with Crippen LogP contribution in [0.4, 0.5) is 0 Å². The summed E-state index contributed by atoms with van der Waals surface area (Å²) in [6, 6.07) is 5.82. The summed E-state index contributed by atoms with van der Waals surface area (Å²) in [6.07, 6.45) is 2.36. The number of methoxy groups -OCH3 is 1. The topological polar surface area (TPSA) is 57.2 Å². The molecular formula is C17H21NO5. The molecule has 2 fully saturated rings. The average molecular weight is 319 g/mol. The van der Waals surface area contributed by atoms with Gasteiger partial charge >= 0.3 is 0 Å². The summed E-state index contributed by atoms with van der Waals surface area (Å²) in [6.45, 7) is 1.48. The van der Waals surface area contributed by atoms with E-state index in [9.17, 15) is 4.79 Å². The Morgan fingerprint density at radius 3 is 3.04 bits per heavy atom. The van der Waals surface area contributed by atoms with Crippen molar-refractivity contribution in [2.24, 2.45) is 0 Å². The number of benzene rings is 1. The molecule has 0 spiro atoms. The van der Waals surface area contributed by atoms with Crippen molar-refractivity contribution in [2.75, 3.05) is 27.1 Å². The van der Waals surface area contributed by atoms with E-state index < -0.39 is 0 Å². The zero-order chi connectivity index (χ0) is 15.8. The summed E-state index contributed by atoms with van der Waals surface area (Å²) in [5.74, 6) is 1.60. The van der Waals surface area contributed by atoms with Crippen LogP contribution in [0.15, 0.2) is 18.2 Å². The standard InChI is InChI=1S/C17H21NO5/c1-20-14-5-3-12-17(14)21-7-6-18(12)16(19)9-11-2-4-13-15(8-11)23-10-22-13/h2,4,8,12,14,17H,3,5-7,9-10H2,1H3/t12-,14+,17+/m0/s1. The van der Waals surface area contributed by atoms with Crippen LogP contribution in [0.5, 0.6) is 11.5 Å². The van der Waals surface area contributed by atoms with Crippen LogP contribution >= 0.6 is 0 Å². The first-order chi connectivity index (χ1) is 11.3. The van der Waals surface area contributed by atoms with E-state index in [2.05, 4.69) is 0 Å². The minimum Gasteiger partial charge on any atom is -0.454 e. The van der Waals surface area contributed by atoms with Gasteiger partial charge in [0.05, 0.1) is 25.2 Å². The number of ether oxygens (including phenoxy) is 4. The fourth-order valence-electron chi connectivity index (χ4n) is 3.80. The van der Waals surface area contributed by atoms with Crippen molar-refractivity contribution >= 4 is 5.91 Å². The van der Waals surface area contributed by atoms with Crippen LogP contribution < -0.4 is 9.47 Å². The highest BCUT2D eigenvalue weighted by atomic mass is 16.7. The molecule has 1 saturated carbocycles. The number of hydrogen-bond donors (Lipinski definition) is 0. The van der Waals surface area contributed by atoms with Crippen LogP contribution in [0.25, 0.3) is 0 Å². The van der Waals surface area contributed by atoms with Crippen molar-refractivity contribution < 1.29 is 23.7 Å². The molecule has 6 nitrogen and oxygen atoms in total. The summed E-state index contributed by atoms with van der Waals surface area (Å²) in [5.41, 5.74) is 0.948. The third-order valence-electron chi connectivity index (χ3n) is 4.95. The molecule has 1 aromatic rings. The molecular weight excluding hydrogens is 298 g/mol. The average Bonchev–Trinajstić information content (AvgIpc) is 3.20. The maximum atomic E-state index is 12.8. The molecule has 23 heavy (non-hydrogen) atoms. The molecule has 3 atom stereocenters. The molecule has 4 rings (SSSR count). The smallest absolute Gasteiger partial charge is 0.231 e. The van der Waals surface area contributed by atoms with Gasteiger partial charge in [0.1, 0.15) is 6.10 Å². The van der Waals surface area contributed by atoms with Gasteiger partial charge in [-0.25, -0.2) is 0 Å². The first-order valence-corrected chi connectivity index (χ1v) is 8.08. The highest BCUT2D eigenvalue weighted by Crippen LogP contribution is 2.34. The fraction of sp³-hybridized carbons (Fsp3) is 0.588. The van der Waals surface area contributed by atoms with E-state index in [1.165, 1.54) is 0 Å². The lowest BCUT2D eigenvalue weighted by atomic mass is 10.1. The van der Waals surface area contributed by atoms with Gasteiger partial charge in [-0.2, -0.15) is 0 Å². The second-order valence-electron chi connectivity index (χ2n) is 6.21. The Balaban J connectivity index is 1.46. The molecule has 1 amide bonds. The first-order valence-electron chi connectivity index (χ1n) is 8.08. The van der Waals surface area contributed by atoms with Crippen molar-refractivity contribution in [3.05, 3.63) is 23.8 Å². The van der Waals surface area contributed by atoms with E-state index in [0.29, 0.717) is 19.6 Å². The van der Waals surface area contributed by atoms with Crippen LogP contribution in [0.2, 0.25) is 0 Å². The van der Waals surface area contributed by atoms with Crippen LogP contribution in [0.3, 0.4) is 0 Å². The van der Waals surface area contributed by atoms with Gasteiger partial charge in [0.15, 0.2) is 11.5 Å². The number of morpholine rings is 1. The molecule has 0 N–H and O–H groups in total. The Labute approximate surface area is 135 Å². The number of nitrogens with zero attached hydrogens (tertiary/aromatic N) is 1. The third-order valence-corrected chi connectivity index (χ3v) is 4.95. The van der Waals surface area contributed by atoms with Gasteiger partial charge in [-0.3, -0.25) is 4.79 Å². The summed E-state index contributed by atoms with van der Waals surface area (Å²) in [4.78, 5) is 14.7. The van der Waals surface area contributed by atoms with Crippen molar-refractivity contribution in [3.8, 4) is 11.5 Å². The Hall–Kier alpha value is -1.79. The monoisotopic (exact) mass is 319 g/mol. The van der Waals surface area contributed by atoms with Gasteiger partial charge in [-0.05, 0) is 30.5 Å². The van der Waals surface area contributed by atoms with E-state index >= 15 is 0 Å². The number of carbonyl (C=O) groups excluding carboxylic acids is 1. The number of carbonyl (C=O) groups is 1. The highest BCUT2D eigenvalue weighted by molar-refractivity contribution is 5.79. The third kappa shape index (κ3) is 2.66. The van der Waals surface area contributed by atoms with Crippen molar-refractivity contribution in [1.29, 1.82) is 0 Å². The molecule has 0 bridgehead atoms. The molecule has 3 aliphatic rings. The Morgan fingerprint density at radius 1 is 1.30 bits per heavy atom. The summed E-state index contributed by atoms with van der Waals surface area (Å²) in [5, 5.41) is 0. The van der Waals surface area contributed by atoms with Crippen LogP contribution in [-0.4, -0.2) is 56.1 Å². The van der Waals surface area contributed by atoms with E-state index in [-0.39, 0.29) is 30.9 Å². The fourth-order valence-corrected chi connectivity index (χ4v) is 3.80. The maximum absolute atomic E-state index is 12.8. The highest BCUT2D eigenvalue weighted by Gasteiger charge is 2.44. The number of hydrogen-bond acceptors (Lipinski definition) is 5. The normalized spacial score (nSPS) is 28.7.